The largest absolute Gasteiger partial charge is 0.373 e. The number of hydrogen-bond donors (Lipinski definition) is 2. The number of halogens is 1. The summed E-state index contributed by atoms with van der Waals surface area (Å²) in [5.41, 5.74) is 0.461. The number of aromatic amines is 1. The van der Waals surface area contributed by atoms with Gasteiger partial charge >= 0.3 is 0 Å². The molecule has 2 aromatic rings. The first kappa shape index (κ1) is 14.5. The van der Waals surface area contributed by atoms with Gasteiger partial charge in [-0.3, -0.25) is 4.79 Å². The van der Waals surface area contributed by atoms with E-state index in [1.54, 1.807) is 24.7 Å². The second kappa shape index (κ2) is 6.51. The van der Waals surface area contributed by atoms with Crippen molar-refractivity contribution in [2.24, 2.45) is 0 Å². The number of aromatic nitrogens is 4. The number of nitrogens with zero attached hydrogens (tertiary/aromatic N) is 3. The topological polar surface area (TPSA) is 75.6 Å². The quantitative estimate of drug-likeness (QED) is 0.794. The molecule has 0 aliphatic heterocycles. The lowest BCUT2D eigenvalue weighted by atomic mass is 10.2. The third-order valence-corrected chi connectivity index (χ3v) is 3.64. The molecule has 2 N–H and O–H groups in total. The van der Waals surface area contributed by atoms with Crippen LogP contribution in [0.2, 0.25) is 0 Å². The van der Waals surface area contributed by atoms with Crippen molar-refractivity contribution in [2.75, 3.05) is 5.32 Å². The van der Waals surface area contributed by atoms with E-state index in [-0.39, 0.29) is 11.6 Å². The molecule has 0 saturated heterocycles. The molecule has 6 nitrogen and oxygen atoms in total. The second-order valence-corrected chi connectivity index (χ2v) is 5.02. The number of imidazole rings is 1. The summed E-state index contributed by atoms with van der Waals surface area (Å²) in [7, 11) is 0. The molecule has 20 heavy (non-hydrogen) atoms. The van der Waals surface area contributed by atoms with Crippen molar-refractivity contribution in [2.45, 2.75) is 25.9 Å². The lowest BCUT2D eigenvalue weighted by molar-refractivity contribution is 0.643. The van der Waals surface area contributed by atoms with Gasteiger partial charge in [0.1, 0.15) is 10.3 Å². The molecule has 0 radical (unpaired) electrons. The van der Waals surface area contributed by atoms with E-state index in [1.165, 1.54) is 4.68 Å². The van der Waals surface area contributed by atoms with Crippen LogP contribution < -0.4 is 10.9 Å². The molecule has 106 valence electrons. The molecule has 0 saturated carbocycles. The Morgan fingerprint density at radius 1 is 1.65 bits per heavy atom. The van der Waals surface area contributed by atoms with E-state index >= 15 is 0 Å². The maximum absolute atomic E-state index is 12.1. The average molecular weight is 338 g/mol. The van der Waals surface area contributed by atoms with Gasteiger partial charge in [0.15, 0.2) is 0 Å². The van der Waals surface area contributed by atoms with E-state index in [4.69, 9.17) is 0 Å². The SMILES string of the molecule is C=CCn1ncc(NC(CC)c2ncc[nH]2)c(Br)c1=O. The van der Waals surface area contributed by atoms with Crippen LogP contribution in [0.15, 0.2) is 40.5 Å². The normalized spacial score (nSPS) is 12.1. The third kappa shape index (κ3) is 2.98. The minimum Gasteiger partial charge on any atom is -0.373 e. The van der Waals surface area contributed by atoms with Crippen molar-refractivity contribution in [1.29, 1.82) is 0 Å². The number of H-pyrrole nitrogens is 1. The fraction of sp³-hybridized carbons (Fsp3) is 0.308. The molecule has 0 aliphatic rings. The van der Waals surface area contributed by atoms with Crippen molar-refractivity contribution in [1.82, 2.24) is 19.7 Å². The predicted molar refractivity (Wildman–Crippen MR) is 81.6 cm³/mol. The third-order valence-electron chi connectivity index (χ3n) is 2.87. The molecular weight excluding hydrogens is 322 g/mol. The van der Waals surface area contributed by atoms with Crippen LogP contribution in [-0.2, 0) is 6.54 Å². The van der Waals surface area contributed by atoms with Gasteiger partial charge in [0.25, 0.3) is 5.56 Å². The highest BCUT2D eigenvalue weighted by Gasteiger charge is 2.15. The van der Waals surface area contributed by atoms with Crippen LogP contribution in [0.1, 0.15) is 25.2 Å². The van der Waals surface area contributed by atoms with Crippen molar-refractivity contribution >= 4 is 21.6 Å². The van der Waals surface area contributed by atoms with Crippen LogP contribution in [0.4, 0.5) is 5.69 Å². The molecule has 0 amide bonds. The van der Waals surface area contributed by atoms with Crippen LogP contribution in [0.5, 0.6) is 0 Å². The first-order valence-electron chi connectivity index (χ1n) is 6.29. The van der Waals surface area contributed by atoms with Gasteiger partial charge in [-0.05, 0) is 22.4 Å². The molecule has 0 aromatic carbocycles. The summed E-state index contributed by atoms with van der Waals surface area (Å²) in [5, 5.41) is 7.37. The molecule has 1 unspecified atom stereocenters. The van der Waals surface area contributed by atoms with Gasteiger partial charge in [-0.2, -0.15) is 5.10 Å². The van der Waals surface area contributed by atoms with E-state index in [2.05, 4.69) is 42.9 Å². The highest BCUT2D eigenvalue weighted by atomic mass is 79.9. The summed E-state index contributed by atoms with van der Waals surface area (Å²) in [6.45, 7) is 6.03. The van der Waals surface area contributed by atoms with Gasteiger partial charge in [-0.1, -0.05) is 13.0 Å². The van der Waals surface area contributed by atoms with Gasteiger partial charge in [-0.25, -0.2) is 9.67 Å². The van der Waals surface area contributed by atoms with E-state index in [9.17, 15) is 4.79 Å². The lowest BCUT2D eigenvalue weighted by Gasteiger charge is -2.17. The first-order valence-corrected chi connectivity index (χ1v) is 7.09. The molecule has 2 heterocycles. The zero-order valence-corrected chi connectivity index (χ0v) is 12.7. The van der Waals surface area contributed by atoms with Crippen LogP contribution in [-0.4, -0.2) is 19.7 Å². The minimum atomic E-state index is -0.191. The van der Waals surface area contributed by atoms with E-state index < -0.39 is 0 Å². The molecular formula is C13H16BrN5O. The van der Waals surface area contributed by atoms with Crippen molar-refractivity contribution in [3.8, 4) is 0 Å². The van der Waals surface area contributed by atoms with Gasteiger partial charge in [0.2, 0.25) is 0 Å². The van der Waals surface area contributed by atoms with Gasteiger partial charge in [0, 0.05) is 12.4 Å². The maximum atomic E-state index is 12.1. The Kier molecular flexibility index (Phi) is 4.73. The zero-order valence-electron chi connectivity index (χ0n) is 11.1. The summed E-state index contributed by atoms with van der Waals surface area (Å²) in [6, 6.07) is -0.00208. The number of allylic oxidation sites excluding steroid dienone is 1. The van der Waals surface area contributed by atoms with Crippen molar-refractivity contribution in [3.63, 3.8) is 0 Å². The molecule has 7 heteroatoms. The van der Waals surface area contributed by atoms with Gasteiger partial charge in [0.05, 0.1) is 24.5 Å². The number of anilines is 1. The molecule has 2 rings (SSSR count). The van der Waals surface area contributed by atoms with Crippen LogP contribution in [0.3, 0.4) is 0 Å². The summed E-state index contributed by atoms with van der Waals surface area (Å²) in [5.74, 6) is 0.828. The molecule has 0 spiro atoms. The molecule has 0 fully saturated rings. The number of nitrogens with one attached hydrogen (secondary N) is 2. The van der Waals surface area contributed by atoms with Crippen molar-refractivity contribution < 1.29 is 0 Å². The smallest absolute Gasteiger partial charge is 0.283 e. The fourth-order valence-corrected chi connectivity index (χ4v) is 2.26. The Bertz CT molecular complexity index is 635. The summed E-state index contributed by atoms with van der Waals surface area (Å²) in [4.78, 5) is 19.4. The number of rotatable bonds is 6. The van der Waals surface area contributed by atoms with Gasteiger partial charge in [-0.15, -0.1) is 6.58 Å². The predicted octanol–water partition coefficient (Wildman–Crippen LogP) is 2.48. The summed E-state index contributed by atoms with van der Waals surface area (Å²) >= 11 is 3.32. The van der Waals surface area contributed by atoms with E-state index in [0.29, 0.717) is 16.7 Å². The van der Waals surface area contributed by atoms with E-state index in [1.807, 2.05) is 6.92 Å². The zero-order chi connectivity index (χ0) is 14.5. The average Bonchev–Trinajstić information content (AvgIpc) is 2.97. The highest BCUT2D eigenvalue weighted by molar-refractivity contribution is 9.10. The molecule has 1 atom stereocenters. The Labute approximate surface area is 125 Å². The monoisotopic (exact) mass is 337 g/mol. The van der Waals surface area contributed by atoms with Crippen LogP contribution in [0, 0.1) is 0 Å². The lowest BCUT2D eigenvalue weighted by Crippen LogP contribution is -2.24. The minimum absolute atomic E-state index is 0.00208. The van der Waals surface area contributed by atoms with Crippen LogP contribution >= 0.6 is 15.9 Å². The standard InChI is InChI=1S/C13H16BrN5O/c1-3-7-19-13(20)11(14)10(8-17-19)18-9(4-2)12-15-5-6-16-12/h3,5-6,8-9,18H,1,4,7H2,2H3,(H,15,16). The Hall–Kier alpha value is -1.89. The van der Waals surface area contributed by atoms with Crippen molar-refractivity contribution in [3.05, 3.63) is 51.9 Å². The van der Waals surface area contributed by atoms with E-state index in [0.717, 1.165) is 12.2 Å². The first-order chi connectivity index (χ1) is 9.67. The highest BCUT2D eigenvalue weighted by Crippen LogP contribution is 2.23. The second-order valence-electron chi connectivity index (χ2n) is 4.23. The Morgan fingerprint density at radius 3 is 3.05 bits per heavy atom. The van der Waals surface area contributed by atoms with Gasteiger partial charge < -0.3 is 10.3 Å². The molecule has 0 bridgehead atoms. The Morgan fingerprint density at radius 2 is 2.45 bits per heavy atom. The number of hydrogen-bond acceptors (Lipinski definition) is 4. The molecule has 0 aliphatic carbocycles. The van der Waals surface area contributed by atoms with Crippen LogP contribution in [0.25, 0.3) is 0 Å². The summed E-state index contributed by atoms with van der Waals surface area (Å²) in [6.07, 6.45) is 7.56. The fourth-order valence-electron chi connectivity index (χ4n) is 1.84. The summed E-state index contributed by atoms with van der Waals surface area (Å²) < 4.78 is 1.80. The Balaban J connectivity index is 2.27. The maximum Gasteiger partial charge on any atom is 0.283 e. The molecule has 2 aromatic heterocycles.